The molecule has 3 rings (SSSR count). The van der Waals surface area contributed by atoms with Crippen LogP contribution in [0.4, 0.5) is 0 Å². The molecule has 1 aromatic carbocycles. The van der Waals surface area contributed by atoms with Crippen molar-refractivity contribution < 1.29 is 18.0 Å². The fourth-order valence-corrected chi connectivity index (χ4v) is 4.72. The van der Waals surface area contributed by atoms with Gasteiger partial charge in [-0.2, -0.15) is 0 Å². The number of nitrogens with zero attached hydrogens (tertiary/aromatic N) is 2. The molecule has 34 heavy (non-hydrogen) atoms. The summed E-state index contributed by atoms with van der Waals surface area (Å²) < 4.78 is 26.0. The summed E-state index contributed by atoms with van der Waals surface area (Å²) >= 11 is 4.64. The van der Waals surface area contributed by atoms with Crippen molar-refractivity contribution in [2.24, 2.45) is 0 Å². The average molecular weight is 566 g/mol. The van der Waals surface area contributed by atoms with E-state index in [1.165, 1.54) is 11.3 Å². The van der Waals surface area contributed by atoms with E-state index in [2.05, 4.69) is 31.2 Å². The second kappa shape index (κ2) is 10.3. The van der Waals surface area contributed by atoms with Crippen LogP contribution in [0, 0.1) is 0 Å². The van der Waals surface area contributed by atoms with E-state index in [9.17, 15) is 18.0 Å². The van der Waals surface area contributed by atoms with Gasteiger partial charge in [0.15, 0.2) is 5.82 Å². The van der Waals surface area contributed by atoms with Crippen molar-refractivity contribution in [3.63, 3.8) is 0 Å². The SMILES string of the molecule is CC(C)(C)c1ccc(C(=O)N[C@@H](Cc2ccc(-c3ncc(Br)cn3)cc2)C(=O)NS(C)(=O)=O)s1. The number of amides is 2. The summed E-state index contributed by atoms with van der Waals surface area (Å²) in [7, 11) is -3.79. The van der Waals surface area contributed by atoms with Crippen molar-refractivity contribution in [1.82, 2.24) is 20.0 Å². The third kappa shape index (κ3) is 7.18. The molecule has 0 aliphatic heterocycles. The zero-order valence-electron chi connectivity index (χ0n) is 19.1. The van der Waals surface area contributed by atoms with Crippen molar-refractivity contribution in [2.45, 2.75) is 38.6 Å². The van der Waals surface area contributed by atoms with Crippen LogP contribution >= 0.6 is 27.3 Å². The highest BCUT2D eigenvalue weighted by Gasteiger charge is 2.26. The molecule has 0 saturated carbocycles. The van der Waals surface area contributed by atoms with Crippen LogP contribution in [0.1, 0.15) is 40.9 Å². The van der Waals surface area contributed by atoms with Crippen molar-refractivity contribution in [3.05, 3.63) is 68.6 Å². The van der Waals surface area contributed by atoms with Gasteiger partial charge in [-0.05, 0) is 39.0 Å². The molecule has 1 atom stereocenters. The van der Waals surface area contributed by atoms with Crippen LogP contribution < -0.4 is 10.0 Å². The Morgan fingerprint density at radius 2 is 1.68 bits per heavy atom. The second-order valence-corrected chi connectivity index (χ2v) is 12.6. The van der Waals surface area contributed by atoms with E-state index in [4.69, 9.17) is 0 Å². The van der Waals surface area contributed by atoms with Crippen LogP contribution in [0.5, 0.6) is 0 Å². The first-order valence-corrected chi connectivity index (χ1v) is 13.8. The third-order valence-electron chi connectivity index (χ3n) is 4.75. The van der Waals surface area contributed by atoms with Crippen molar-refractivity contribution in [3.8, 4) is 11.4 Å². The largest absolute Gasteiger partial charge is 0.339 e. The molecule has 8 nitrogen and oxygen atoms in total. The van der Waals surface area contributed by atoms with Gasteiger partial charge < -0.3 is 5.32 Å². The lowest BCUT2D eigenvalue weighted by molar-refractivity contribution is -0.121. The Bertz CT molecular complexity index is 1280. The quantitative estimate of drug-likeness (QED) is 0.452. The lowest BCUT2D eigenvalue weighted by Gasteiger charge is -2.18. The summed E-state index contributed by atoms with van der Waals surface area (Å²) in [5.74, 6) is -0.695. The van der Waals surface area contributed by atoms with Crippen molar-refractivity contribution >= 4 is 49.1 Å². The molecule has 180 valence electrons. The Labute approximate surface area is 211 Å². The molecular weight excluding hydrogens is 540 g/mol. The van der Waals surface area contributed by atoms with Crippen LogP contribution in [0.3, 0.4) is 0 Å². The molecular formula is C23H25BrN4O4S2. The van der Waals surface area contributed by atoms with Gasteiger partial charge in [0.25, 0.3) is 11.8 Å². The zero-order valence-corrected chi connectivity index (χ0v) is 22.3. The third-order valence-corrected chi connectivity index (χ3v) is 7.24. The number of nitrogens with one attached hydrogen (secondary N) is 2. The van der Waals surface area contributed by atoms with Gasteiger partial charge in [-0.3, -0.25) is 14.3 Å². The summed E-state index contributed by atoms with van der Waals surface area (Å²) in [6.45, 7) is 6.14. The van der Waals surface area contributed by atoms with Crippen LogP contribution in [0.25, 0.3) is 11.4 Å². The molecule has 2 amide bonds. The highest BCUT2D eigenvalue weighted by molar-refractivity contribution is 9.10. The fourth-order valence-electron chi connectivity index (χ4n) is 3.04. The molecule has 0 spiro atoms. The van der Waals surface area contributed by atoms with Gasteiger partial charge in [-0.1, -0.05) is 45.0 Å². The first-order chi connectivity index (χ1) is 15.8. The predicted molar refractivity (Wildman–Crippen MR) is 136 cm³/mol. The lowest BCUT2D eigenvalue weighted by atomic mass is 9.95. The normalized spacial score (nSPS) is 12.7. The molecule has 3 aromatic rings. The van der Waals surface area contributed by atoms with Gasteiger partial charge in [-0.15, -0.1) is 11.3 Å². The molecule has 0 radical (unpaired) electrons. The van der Waals surface area contributed by atoms with E-state index in [-0.39, 0.29) is 11.8 Å². The van der Waals surface area contributed by atoms with Crippen molar-refractivity contribution in [2.75, 3.05) is 6.26 Å². The highest BCUT2D eigenvalue weighted by Crippen LogP contribution is 2.29. The standard InChI is InChI=1S/C23H25BrN4O4S2/c1-23(2,3)19-10-9-18(33-19)22(30)27-17(21(29)28-34(4,31)32)11-14-5-7-15(8-6-14)20-25-12-16(24)13-26-20/h5-10,12-13,17H,11H2,1-4H3,(H,27,30)(H,28,29)/t17-/m0/s1. The summed E-state index contributed by atoms with van der Waals surface area (Å²) in [5.41, 5.74) is 1.40. The average Bonchev–Trinajstić information content (AvgIpc) is 3.24. The number of thiophene rings is 1. The summed E-state index contributed by atoms with van der Waals surface area (Å²) in [6.07, 6.45) is 4.29. The summed E-state index contributed by atoms with van der Waals surface area (Å²) in [4.78, 5) is 35.5. The number of carbonyl (C=O) groups is 2. The summed E-state index contributed by atoms with van der Waals surface area (Å²) in [6, 6.07) is 9.69. The first kappa shape index (κ1) is 26.0. The zero-order chi connectivity index (χ0) is 25.1. The number of benzene rings is 1. The van der Waals surface area contributed by atoms with Gasteiger partial charge in [0, 0.05) is 29.3 Å². The number of hydrogen-bond donors (Lipinski definition) is 2. The van der Waals surface area contributed by atoms with Gasteiger partial charge in [0.1, 0.15) is 6.04 Å². The van der Waals surface area contributed by atoms with Crippen LogP contribution in [-0.4, -0.2) is 42.5 Å². The van der Waals surface area contributed by atoms with Gasteiger partial charge >= 0.3 is 0 Å². The maximum absolute atomic E-state index is 12.9. The first-order valence-electron chi connectivity index (χ1n) is 10.3. The van der Waals surface area contributed by atoms with E-state index in [0.717, 1.165) is 26.7 Å². The minimum absolute atomic E-state index is 0.103. The van der Waals surface area contributed by atoms with Crippen LogP contribution in [0.15, 0.2) is 53.3 Å². The monoisotopic (exact) mass is 564 g/mol. The Kier molecular flexibility index (Phi) is 7.89. The Morgan fingerprint density at radius 1 is 1.06 bits per heavy atom. The van der Waals surface area contributed by atoms with Crippen LogP contribution in [0.2, 0.25) is 0 Å². The summed E-state index contributed by atoms with van der Waals surface area (Å²) in [5, 5.41) is 2.69. The maximum atomic E-state index is 12.9. The molecule has 2 aromatic heterocycles. The molecule has 2 heterocycles. The van der Waals surface area contributed by atoms with E-state index in [1.54, 1.807) is 42.7 Å². The van der Waals surface area contributed by atoms with Gasteiger partial charge in [0.2, 0.25) is 10.0 Å². The lowest BCUT2D eigenvalue weighted by Crippen LogP contribution is -2.49. The molecule has 11 heteroatoms. The molecule has 0 bridgehead atoms. The Balaban J connectivity index is 1.80. The minimum atomic E-state index is -3.79. The van der Waals surface area contributed by atoms with Crippen LogP contribution in [-0.2, 0) is 26.7 Å². The molecule has 0 fully saturated rings. The second-order valence-electron chi connectivity index (χ2n) is 8.80. The van der Waals surface area contributed by atoms with Gasteiger partial charge in [-0.25, -0.2) is 18.4 Å². The Hall–Kier alpha value is -2.63. The number of carbonyl (C=O) groups excluding carboxylic acids is 2. The number of sulfonamides is 1. The Morgan fingerprint density at radius 3 is 2.21 bits per heavy atom. The molecule has 2 N–H and O–H groups in total. The number of aromatic nitrogens is 2. The van der Waals surface area contributed by atoms with E-state index >= 15 is 0 Å². The molecule has 0 saturated heterocycles. The van der Waals surface area contributed by atoms with E-state index in [0.29, 0.717) is 10.7 Å². The highest BCUT2D eigenvalue weighted by atomic mass is 79.9. The topological polar surface area (TPSA) is 118 Å². The number of halogens is 1. The van der Waals surface area contributed by atoms with Gasteiger partial charge in [0.05, 0.1) is 15.6 Å². The molecule has 0 unspecified atom stereocenters. The van der Waals surface area contributed by atoms with E-state index in [1.807, 2.05) is 31.6 Å². The maximum Gasteiger partial charge on any atom is 0.262 e. The fraction of sp³-hybridized carbons (Fsp3) is 0.304. The van der Waals surface area contributed by atoms with E-state index < -0.39 is 27.9 Å². The minimum Gasteiger partial charge on any atom is -0.339 e. The number of hydrogen-bond acceptors (Lipinski definition) is 7. The number of rotatable bonds is 7. The molecule has 0 aliphatic rings. The molecule has 0 aliphatic carbocycles. The van der Waals surface area contributed by atoms with Crippen molar-refractivity contribution in [1.29, 1.82) is 0 Å². The smallest absolute Gasteiger partial charge is 0.262 e. The predicted octanol–water partition coefficient (Wildman–Crippen LogP) is 3.68.